The van der Waals surface area contributed by atoms with Crippen LogP contribution in [0, 0.1) is 0 Å². The molecule has 1 saturated carbocycles. The second kappa shape index (κ2) is 6.91. The normalized spacial score (nSPS) is 16.1. The predicted molar refractivity (Wildman–Crippen MR) is 81.4 cm³/mol. The molecule has 23 heavy (non-hydrogen) atoms. The minimum Gasteiger partial charge on any atom is -0.406 e. The number of ether oxygens (including phenoxy) is 1. The first-order valence-corrected chi connectivity index (χ1v) is 8.74. The van der Waals surface area contributed by atoms with Crippen molar-refractivity contribution < 1.29 is 26.3 Å². The molecule has 2 N–H and O–H groups in total. The third-order valence-corrected chi connectivity index (χ3v) is 5.00. The van der Waals surface area contributed by atoms with Gasteiger partial charge in [0, 0.05) is 6.04 Å². The van der Waals surface area contributed by atoms with Gasteiger partial charge in [-0.3, -0.25) is 4.72 Å². The summed E-state index contributed by atoms with van der Waals surface area (Å²) >= 11 is 4.96. The van der Waals surface area contributed by atoms with Gasteiger partial charge in [-0.25, -0.2) is 8.42 Å². The van der Waals surface area contributed by atoms with Crippen molar-refractivity contribution in [3.8, 4) is 5.75 Å². The molecule has 2 rings (SSSR count). The largest absolute Gasteiger partial charge is 0.573 e. The highest BCUT2D eigenvalue weighted by Crippen LogP contribution is 2.24. The number of halogens is 3. The average molecular weight is 368 g/mol. The van der Waals surface area contributed by atoms with Crippen molar-refractivity contribution in [2.45, 2.75) is 43.0 Å². The third kappa shape index (κ3) is 5.54. The van der Waals surface area contributed by atoms with E-state index in [9.17, 15) is 21.6 Å². The zero-order chi connectivity index (χ0) is 17.1. The van der Waals surface area contributed by atoms with Gasteiger partial charge in [0.25, 0.3) is 10.0 Å². The number of sulfonamides is 1. The van der Waals surface area contributed by atoms with Crippen molar-refractivity contribution in [3.63, 3.8) is 0 Å². The van der Waals surface area contributed by atoms with Crippen LogP contribution in [0.2, 0.25) is 0 Å². The molecule has 10 heteroatoms. The molecule has 5 nitrogen and oxygen atoms in total. The zero-order valence-corrected chi connectivity index (χ0v) is 13.5. The Kier molecular flexibility index (Phi) is 5.35. The lowest BCUT2D eigenvalue weighted by Crippen LogP contribution is -2.43. The number of benzene rings is 1. The minimum absolute atomic E-state index is 0.0208. The zero-order valence-electron chi connectivity index (χ0n) is 11.9. The van der Waals surface area contributed by atoms with Crippen molar-refractivity contribution in [1.29, 1.82) is 0 Å². The molecule has 0 aromatic heterocycles. The van der Waals surface area contributed by atoms with E-state index < -0.39 is 22.1 Å². The van der Waals surface area contributed by atoms with Gasteiger partial charge in [-0.1, -0.05) is 12.8 Å². The van der Waals surface area contributed by atoms with Crippen LogP contribution in [0.4, 0.5) is 13.2 Å². The van der Waals surface area contributed by atoms with Crippen molar-refractivity contribution in [3.05, 3.63) is 24.3 Å². The minimum atomic E-state index is -4.83. The van der Waals surface area contributed by atoms with Crippen molar-refractivity contribution >= 4 is 27.4 Å². The van der Waals surface area contributed by atoms with Gasteiger partial charge in [-0.2, -0.15) is 0 Å². The molecular formula is C13H15F3N2O3S2. The van der Waals surface area contributed by atoms with E-state index in [1.807, 2.05) is 0 Å². The van der Waals surface area contributed by atoms with Gasteiger partial charge in [0.1, 0.15) is 5.75 Å². The Hall–Kier alpha value is -1.55. The molecule has 0 heterocycles. The summed E-state index contributed by atoms with van der Waals surface area (Å²) in [4.78, 5) is -0.206. The van der Waals surface area contributed by atoms with Crippen LogP contribution < -0.4 is 14.8 Å². The Morgan fingerprint density at radius 1 is 1.17 bits per heavy atom. The second-order valence-corrected chi connectivity index (χ2v) is 7.17. The van der Waals surface area contributed by atoms with Crippen molar-refractivity contribution in [2.75, 3.05) is 0 Å². The van der Waals surface area contributed by atoms with E-state index in [0.717, 1.165) is 49.9 Å². The molecule has 0 saturated heterocycles. The summed E-state index contributed by atoms with van der Waals surface area (Å²) in [7, 11) is -3.95. The number of hydrogen-bond acceptors (Lipinski definition) is 4. The molecule has 0 spiro atoms. The van der Waals surface area contributed by atoms with E-state index in [2.05, 4.69) is 14.8 Å². The fourth-order valence-electron chi connectivity index (χ4n) is 2.29. The summed E-state index contributed by atoms with van der Waals surface area (Å²) in [6, 6.07) is 4.03. The molecule has 128 valence electrons. The molecule has 0 amide bonds. The van der Waals surface area contributed by atoms with Gasteiger partial charge in [-0.15, -0.1) is 13.2 Å². The summed E-state index contributed by atoms with van der Waals surface area (Å²) < 4.78 is 66.3. The first-order chi connectivity index (χ1) is 10.7. The summed E-state index contributed by atoms with van der Waals surface area (Å²) in [5.74, 6) is -0.497. The average Bonchev–Trinajstić information content (AvgIpc) is 2.89. The van der Waals surface area contributed by atoms with Crippen LogP contribution in [0.5, 0.6) is 5.75 Å². The van der Waals surface area contributed by atoms with Gasteiger partial charge in [0.2, 0.25) is 0 Å². The van der Waals surface area contributed by atoms with Crippen molar-refractivity contribution in [2.24, 2.45) is 0 Å². The molecule has 1 aromatic rings. The highest BCUT2D eigenvalue weighted by atomic mass is 32.2. The Bertz CT molecular complexity index is 654. The third-order valence-electron chi connectivity index (χ3n) is 3.29. The number of nitrogens with one attached hydrogen (secondary N) is 2. The van der Waals surface area contributed by atoms with Crippen LogP contribution in [0.15, 0.2) is 29.2 Å². The number of rotatable bonds is 4. The van der Waals surface area contributed by atoms with E-state index in [1.165, 1.54) is 0 Å². The summed E-state index contributed by atoms with van der Waals surface area (Å²) in [5, 5.41) is 2.89. The molecule has 1 aliphatic carbocycles. The lowest BCUT2D eigenvalue weighted by molar-refractivity contribution is -0.274. The maximum atomic E-state index is 12.1. The molecule has 0 radical (unpaired) electrons. The Morgan fingerprint density at radius 3 is 2.26 bits per heavy atom. The molecule has 0 aliphatic heterocycles. The quantitative estimate of drug-likeness (QED) is 0.800. The SMILES string of the molecule is O=S(=O)(NC(=S)NC1CCCC1)c1ccc(OC(F)(F)F)cc1. The number of hydrogen-bond donors (Lipinski definition) is 2. The van der Waals surface area contributed by atoms with Crippen LogP contribution in [0.1, 0.15) is 25.7 Å². The topological polar surface area (TPSA) is 67.4 Å². The van der Waals surface area contributed by atoms with Gasteiger partial charge in [-0.05, 0) is 49.3 Å². The van der Waals surface area contributed by atoms with Crippen LogP contribution in [-0.4, -0.2) is 25.9 Å². The molecule has 0 unspecified atom stereocenters. The van der Waals surface area contributed by atoms with E-state index in [-0.39, 0.29) is 16.0 Å². The molecular weight excluding hydrogens is 353 g/mol. The fraction of sp³-hybridized carbons (Fsp3) is 0.462. The van der Waals surface area contributed by atoms with E-state index in [1.54, 1.807) is 0 Å². The van der Waals surface area contributed by atoms with E-state index in [0.29, 0.717) is 0 Å². The molecule has 1 aliphatic rings. The Balaban J connectivity index is 1.99. The lowest BCUT2D eigenvalue weighted by atomic mass is 10.3. The predicted octanol–water partition coefficient (Wildman–Crippen LogP) is 2.68. The molecule has 1 fully saturated rings. The smallest absolute Gasteiger partial charge is 0.406 e. The highest BCUT2D eigenvalue weighted by Gasteiger charge is 2.31. The van der Waals surface area contributed by atoms with Gasteiger partial charge in [0.05, 0.1) is 4.90 Å². The summed E-state index contributed by atoms with van der Waals surface area (Å²) in [5.41, 5.74) is 0. The Labute approximate surface area is 137 Å². The molecule has 0 bridgehead atoms. The van der Waals surface area contributed by atoms with Gasteiger partial charge < -0.3 is 10.1 Å². The number of alkyl halides is 3. The summed E-state index contributed by atoms with van der Waals surface area (Å²) in [6.45, 7) is 0. The fourth-order valence-corrected chi connectivity index (χ4v) is 3.70. The highest BCUT2D eigenvalue weighted by molar-refractivity contribution is 7.91. The number of thiocarbonyl (C=S) groups is 1. The van der Waals surface area contributed by atoms with Crippen LogP contribution >= 0.6 is 12.2 Å². The van der Waals surface area contributed by atoms with E-state index in [4.69, 9.17) is 12.2 Å². The summed E-state index contributed by atoms with van der Waals surface area (Å²) in [6.07, 6.45) is -0.858. The van der Waals surface area contributed by atoms with E-state index >= 15 is 0 Å². The first-order valence-electron chi connectivity index (χ1n) is 6.85. The molecule has 0 atom stereocenters. The maximum Gasteiger partial charge on any atom is 0.573 e. The second-order valence-electron chi connectivity index (χ2n) is 5.08. The molecule has 1 aromatic carbocycles. The monoisotopic (exact) mass is 368 g/mol. The standard InChI is InChI=1S/C13H15F3N2O3S2/c14-13(15,16)21-10-5-7-11(8-6-10)23(19,20)18-12(22)17-9-3-1-2-4-9/h5-9H,1-4H2,(H2,17,18,22). The lowest BCUT2D eigenvalue weighted by Gasteiger charge is -2.16. The van der Waals surface area contributed by atoms with Crippen LogP contribution in [0.3, 0.4) is 0 Å². The van der Waals surface area contributed by atoms with Crippen LogP contribution in [0.25, 0.3) is 0 Å². The Morgan fingerprint density at radius 2 is 1.74 bits per heavy atom. The maximum absolute atomic E-state index is 12.1. The van der Waals surface area contributed by atoms with Crippen LogP contribution in [-0.2, 0) is 10.0 Å². The van der Waals surface area contributed by atoms with Gasteiger partial charge in [0.15, 0.2) is 5.11 Å². The first kappa shape index (κ1) is 17.8. The van der Waals surface area contributed by atoms with Gasteiger partial charge >= 0.3 is 6.36 Å². The van der Waals surface area contributed by atoms with Crippen molar-refractivity contribution in [1.82, 2.24) is 10.0 Å².